The van der Waals surface area contributed by atoms with Crippen molar-refractivity contribution in [1.29, 1.82) is 0 Å². The number of nitrogens with zero attached hydrogens (tertiary/aromatic N) is 2. The second-order valence-electron chi connectivity index (χ2n) is 7.71. The van der Waals surface area contributed by atoms with Gasteiger partial charge in [-0.3, -0.25) is 9.69 Å². The van der Waals surface area contributed by atoms with Crippen molar-refractivity contribution in [2.24, 2.45) is 0 Å². The molecule has 4 rings (SSSR count). The lowest BCUT2D eigenvalue weighted by Gasteiger charge is -2.36. The molecule has 0 unspecified atom stereocenters. The zero-order chi connectivity index (χ0) is 20.9. The van der Waals surface area contributed by atoms with Gasteiger partial charge in [-0.15, -0.1) is 0 Å². The lowest BCUT2D eigenvalue weighted by Crippen LogP contribution is -2.45. The number of piperazine rings is 1. The van der Waals surface area contributed by atoms with Crippen molar-refractivity contribution in [3.63, 3.8) is 0 Å². The summed E-state index contributed by atoms with van der Waals surface area (Å²) < 4.78 is 0. The van der Waals surface area contributed by atoms with Gasteiger partial charge < -0.3 is 10.2 Å². The molecule has 30 heavy (non-hydrogen) atoms. The Morgan fingerprint density at radius 3 is 2.33 bits per heavy atom. The molecule has 1 fully saturated rings. The van der Waals surface area contributed by atoms with Gasteiger partial charge in [-0.05, 0) is 54.4 Å². The Labute approximate surface area is 183 Å². The van der Waals surface area contributed by atoms with Crippen LogP contribution in [0, 0.1) is 6.92 Å². The van der Waals surface area contributed by atoms with E-state index < -0.39 is 0 Å². The van der Waals surface area contributed by atoms with Crippen LogP contribution in [-0.2, 0) is 6.54 Å². The van der Waals surface area contributed by atoms with E-state index in [1.807, 2.05) is 43.3 Å². The molecule has 1 heterocycles. The summed E-state index contributed by atoms with van der Waals surface area (Å²) in [4.78, 5) is 17.5. The van der Waals surface area contributed by atoms with E-state index in [1.165, 1.54) is 11.3 Å². The number of hydrogen-bond donors (Lipinski definition) is 1. The average Bonchev–Trinajstić information content (AvgIpc) is 2.78. The second-order valence-corrected chi connectivity index (χ2v) is 8.15. The van der Waals surface area contributed by atoms with Gasteiger partial charge in [0.2, 0.25) is 0 Å². The summed E-state index contributed by atoms with van der Waals surface area (Å²) in [5.41, 5.74) is 4.89. The molecule has 0 aromatic heterocycles. The maximum atomic E-state index is 12.6. The van der Waals surface area contributed by atoms with Crippen molar-refractivity contribution in [2.75, 3.05) is 36.4 Å². The first kappa shape index (κ1) is 20.5. The van der Waals surface area contributed by atoms with Crippen LogP contribution in [-0.4, -0.2) is 37.0 Å². The fourth-order valence-corrected chi connectivity index (χ4v) is 3.92. The molecule has 0 bridgehead atoms. The van der Waals surface area contributed by atoms with E-state index >= 15 is 0 Å². The number of benzene rings is 3. The van der Waals surface area contributed by atoms with Gasteiger partial charge in [0.25, 0.3) is 5.91 Å². The Kier molecular flexibility index (Phi) is 6.36. The average molecular weight is 420 g/mol. The van der Waals surface area contributed by atoms with Crippen molar-refractivity contribution in [3.8, 4) is 0 Å². The van der Waals surface area contributed by atoms with E-state index in [2.05, 4.69) is 45.4 Å². The number of para-hydroxylation sites is 1. The minimum Gasteiger partial charge on any atom is -0.369 e. The van der Waals surface area contributed by atoms with Gasteiger partial charge in [-0.2, -0.15) is 0 Å². The van der Waals surface area contributed by atoms with Crippen LogP contribution in [0.1, 0.15) is 21.5 Å². The molecule has 0 atom stereocenters. The predicted octanol–water partition coefficient (Wildman–Crippen LogP) is 5.22. The highest BCUT2D eigenvalue weighted by atomic mass is 35.5. The van der Waals surface area contributed by atoms with Gasteiger partial charge in [-0.1, -0.05) is 48.0 Å². The van der Waals surface area contributed by atoms with Crippen molar-refractivity contribution in [3.05, 3.63) is 94.5 Å². The van der Waals surface area contributed by atoms with Gasteiger partial charge in [0.1, 0.15) is 0 Å². The zero-order valence-corrected chi connectivity index (χ0v) is 17.9. The monoisotopic (exact) mass is 419 g/mol. The topological polar surface area (TPSA) is 35.6 Å². The molecular weight excluding hydrogens is 394 g/mol. The van der Waals surface area contributed by atoms with Crippen LogP contribution in [0.5, 0.6) is 0 Å². The number of hydrogen-bond acceptors (Lipinski definition) is 3. The predicted molar refractivity (Wildman–Crippen MR) is 125 cm³/mol. The number of amides is 1. The molecular formula is C25H26ClN3O. The summed E-state index contributed by atoms with van der Waals surface area (Å²) in [6.07, 6.45) is 0. The molecule has 4 nitrogen and oxygen atoms in total. The molecule has 1 aliphatic heterocycles. The van der Waals surface area contributed by atoms with Crippen molar-refractivity contribution >= 4 is 28.9 Å². The molecule has 1 N–H and O–H groups in total. The molecule has 0 spiro atoms. The quantitative estimate of drug-likeness (QED) is 0.615. The van der Waals surface area contributed by atoms with Gasteiger partial charge >= 0.3 is 0 Å². The van der Waals surface area contributed by atoms with Crippen molar-refractivity contribution in [2.45, 2.75) is 13.5 Å². The Hall–Kier alpha value is -2.82. The van der Waals surface area contributed by atoms with Crippen LogP contribution < -0.4 is 10.2 Å². The highest BCUT2D eigenvalue weighted by Crippen LogP contribution is 2.21. The largest absolute Gasteiger partial charge is 0.369 e. The molecule has 0 radical (unpaired) electrons. The second kappa shape index (κ2) is 9.33. The van der Waals surface area contributed by atoms with E-state index in [-0.39, 0.29) is 5.91 Å². The Bertz CT molecular complexity index is 997. The number of carbonyl (C=O) groups excluding carboxylic acids is 1. The maximum Gasteiger partial charge on any atom is 0.255 e. The highest BCUT2D eigenvalue weighted by molar-refractivity contribution is 6.31. The summed E-state index contributed by atoms with van der Waals surface area (Å²) in [5.74, 6) is -0.122. The van der Waals surface area contributed by atoms with Crippen LogP contribution in [0.15, 0.2) is 72.8 Å². The summed E-state index contributed by atoms with van der Waals surface area (Å²) >= 11 is 6.04. The lowest BCUT2D eigenvalue weighted by atomic mass is 10.1. The SMILES string of the molecule is Cc1ccc(Cl)cc1NC(=O)c1ccc(CN2CCN(c3ccccc3)CC2)cc1. The third kappa shape index (κ3) is 5.02. The maximum absolute atomic E-state index is 12.6. The van der Waals surface area contributed by atoms with Crippen molar-refractivity contribution in [1.82, 2.24) is 4.90 Å². The summed E-state index contributed by atoms with van der Waals surface area (Å²) in [6, 6.07) is 24.0. The number of rotatable bonds is 5. The fourth-order valence-electron chi connectivity index (χ4n) is 3.75. The highest BCUT2D eigenvalue weighted by Gasteiger charge is 2.17. The van der Waals surface area contributed by atoms with E-state index in [1.54, 1.807) is 6.07 Å². The van der Waals surface area contributed by atoms with Crippen LogP contribution in [0.4, 0.5) is 11.4 Å². The standard InChI is InChI=1S/C25H26ClN3O/c1-19-7-12-22(26)17-24(19)27-25(30)21-10-8-20(9-11-21)18-28-13-15-29(16-14-28)23-5-3-2-4-6-23/h2-12,17H,13-16,18H2,1H3,(H,27,30). The Morgan fingerprint density at radius 2 is 1.63 bits per heavy atom. The minimum absolute atomic E-state index is 0.122. The first-order valence-electron chi connectivity index (χ1n) is 10.3. The Morgan fingerprint density at radius 1 is 0.933 bits per heavy atom. The number of halogens is 1. The third-order valence-corrected chi connectivity index (χ3v) is 5.80. The molecule has 5 heteroatoms. The molecule has 1 saturated heterocycles. The first-order valence-corrected chi connectivity index (χ1v) is 10.6. The molecule has 3 aromatic carbocycles. The molecule has 1 amide bonds. The number of carbonyl (C=O) groups is 1. The number of anilines is 2. The van der Waals surface area contributed by atoms with Gasteiger partial charge in [0, 0.05) is 54.7 Å². The van der Waals surface area contributed by atoms with Gasteiger partial charge in [-0.25, -0.2) is 0 Å². The first-order chi connectivity index (χ1) is 14.6. The van der Waals surface area contributed by atoms with E-state index in [0.717, 1.165) is 44.0 Å². The zero-order valence-electron chi connectivity index (χ0n) is 17.1. The molecule has 154 valence electrons. The summed E-state index contributed by atoms with van der Waals surface area (Å²) in [6.45, 7) is 6.98. The third-order valence-electron chi connectivity index (χ3n) is 5.56. The molecule has 1 aliphatic rings. The van der Waals surface area contributed by atoms with E-state index in [9.17, 15) is 4.79 Å². The number of nitrogens with one attached hydrogen (secondary N) is 1. The number of aryl methyl sites for hydroxylation is 1. The van der Waals surface area contributed by atoms with Crippen LogP contribution in [0.2, 0.25) is 5.02 Å². The summed E-state index contributed by atoms with van der Waals surface area (Å²) in [5, 5.41) is 3.56. The van der Waals surface area contributed by atoms with Crippen LogP contribution in [0.3, 0.4) is 0 Å². The van der Waals surface area contributed by atoms with Crippen molar-refractivity contribution < 1.29 is 4.79 Å². The van der Waals surface area contributed by atoms with E-state index in [0.29, 0.717) is 10.6 Å². The van der Waals surface area contributed by atoms with Gasteiger partial charge in [0.05, 0.1) is 0 Å². The summed E-state index contributed by atoms with van der Waals surface area (Å²) in [7, 11) is 0. The van der Waals surface area contributed by atoms with Crippen LogP contribution in [0.25, 0.3) is 0 Å². The smallest absolute Gasteiger partial charge is 0.255 e. The van der Waals surface area contributed by atoms with Gasteiger partial charge in [0.15, 0.2) is 0 Å². The Balaban J connectivity index is 1.32. The normalized spacial score (nSPS) is 14.5. The van der Waals surface area contributed by atoms with E-state index in [4.69, 9.17) is 11.6 Å². The van der Waals surface area contributed by atoms with Crippen LogP contribution >= 0.6 is 11.6 Å². The lowest BCUT2D eigenvalue weighted by molar-refractivity contribution is 0.102. The fraction of sp³-hybridized carbons (Fsp3) is 0.240. The molecule has 0 aliphatic carbocycles. The molecule has 0 saturated carbocycles. The molecule has 3 aromatic rings. The minimum atomic E-state index is -0.122.